The summed E-state index contributed by atoms with van der Waals surface area (Å²) in [5, 5.41) is 0. The molecule has 0 bridgehead atoms. The summed E-state index contributed by atoms with van der Waals surface area (Å²) in [4.78, 5) is 10.8. The van der Waals surface area contributed by atoms with E-state index in [0.717, 1.165) is 24.8 Å². The highest BCUT2D eigenvalue weighted by Crippen LogP contribution is 2.22. The molecule has 1 aromatic rings. The van der Waals surface area contributed by atoms with Crippen molar-refractivity contribution in [2.45, 2.75) is 20.0 Å². The maximum Gasteiger partial charge on any atom is 0.158 e. The van der Waals surface area contributed by atoms with E-state index in [2.05, 4.69) is 21.8 Å². The average Bonchev–Trinajstić information content (AvgIpc) is 2.64. The van der Waals surface area contributed by atoms with Crippen molar-refractivity contribution in [3.63, 3.8) is 0 Å². The van der Waals surface area contributed by atoms with Crippen LogP contribution in [0.3, 0.4) is 0 Å². The Morgan fingerprint density at radius 2 is 2.38 bits per heavy atom. The van der Waals surface area contributed by atoms with E-state index in [1.165, 1.54) is 6.42 Å². The fourth-order valence-corrected chi connectivity index (χ4v) is 2.00. The van der Waals surface area contributed by atoms with E-state index in [1.54, 1.807) is 7.11 Å². The zero-order valence-corrected chi connectivity index (χ0v) is 9.81. The Balaban J connectivity index is 2.20. The van der Waals surface area contributed by atoms with E-state index in [0.29, 0.717) is 18.2 Å². The van der Waals surface area contributed by atoms with Gasteiger partial charge in [-0.3, -0.25) is 0 Å². The van der Waals surface area contributed by atoms with E-state index in [4.69, 9.17) is 10.5 Å². The molecule has 5 heteroatoms. The number of nitrogen functional groups attached to an aromatic ring is 1. The van der Waals surface area contributed by atoms with Crippen LogP contribution in [0.15, 0.2) is 6.07 Å². The largest absolute Gasteiger partial charge is 0.384 e. The smallest absolute Gasteiger partial charge is 0.158 e. The molecule has 1 fully saturated rings. The lowest BCUT2D eigenvalue weighted by molar-refractivity contribution is 0.178. The number of ether oxygens (including phenoxy) is 1. The molecule has 1 aromatic heterocycles. The number of methoxy groups -OCH3 is 1. The normalized spacial score (nSPS) is 20.4. The minimum atomic E-state index is 0.404. The van der Waals surface area contributed by atoms with Crippen LogP contribution in [0.25, 0.3) is 0 Å². The van der Waals surface area contributed by atoms with Crippen LogP contribution < -0.4 is 10.6 Å². The highest BCUT2D eigenvalue weighted by atomic mass is 16.5. The van der Waals surface area contributed by atoms with Crippen molar-refractivity contribution < 1.29 is 4.74 Å². The summed E-state index contributed by atoms with van der Waals surface area (Å²) >= 11 is 0. The number of aromatic nitrogens is 2. The first-order valence-electron chi connectivity index (χ1n) is 5.56. The van der Waals surface area contributed by atoms with E-state index >= 15 is 0 Å². The fraction of sp³-hybridized carbons (Fsp3) is 0.636. The van der Waals surface area contributed by atoms with Gasteiger partial charge in [-0.15, -0.1) is 0 Å². The molecule has 1 saturated heterocycles. The lowest BCUT2D eigenvalue weighted by Gasteiger charge is -2.17. The standard InChI is InChI=1S/C11H18N4O/c1-8-3-4-15(6-8)11-5-9(12)13-10(14-11)7-16-2/h5,8H,3-4,6-7H2,1-2H3,(H2,12,13,14). The second-order valence-corrected chi connectivity index (χ2v) is 4.34. The number of anilines is 2. The Kier molecular flexibility index (Phi) is 3.24. The van der Waals surface area contributed by atoms with Crippen LogP contribution in [0, 0.1) is 5.92 Å². The number of nitrogens with two attached hydrogens (primary N) is 1. The Hall–Kier alpha value is -1.36. The van der Waals surface area contributed by atoms with Crippen molar-refractivity contribution in [2.24, 2.45) is 5.92 Å². The molecule has 1 atom stereocenters. The van der Waals surface area contributed by atoms with Crippen LogP contribution >= 0.6 is 0 Å². The molecule has 5 nitrogen and oxygen atoms in total. The van der Waals surface area contributed by atoms with Gasteiger partial charge in [0.05, 0.1) is 0 Å². The number of nitrogens with zero attached hydrogens (tertiary/aromatic N) is 3. The van der Waals surface area contributed by atoms with Crippen molar-refractivity contribution in [3.8, 4) is 0 Å². The molecular formula is C11H18N4O. The first-order chi connectivity index (χ1) is 7.69. The Labute approximate surface area is 95.6 Å². The predicted molar refractivity (Wildman–Crippen MR) is 63.2 cm³/mol. The molecule has 0 aromatic carbocycles. The molecule has 88 valence electrons. The van der Waals surface area contributed by atoms with Gasteiger partial charge in [-0.25, -0.2) is 9.97 Å². The van der Waals surface area contributed by atoms with Gasteiger partial charge in [0.25, 0.3) is 0 Å². The molecule has 16 heavy (non-hydrogen) atoms. The fourth-order valence-electron chi connectivity index (χ4n) is 2.00. The van der Waals surface area contributed by atoms with Crippen LogP contribution in [0.2, 0.25) is 0 Å². The average molecular weight is 222 g/mol. The van der Waals surface area contributed by atoms with Gasteiger partial charge in [0.1, 0.15) is 18.2 Å². The summed E-state index contributed by atoms with van der Waals surface area (Å²) in [7, 11) is 1.63. The second kappa shape index (κ2) is 4.65. The van der Waals surface area contributed by atoms with Crippen LogP contribution in [-0.2, 0) is 11.3 Å². The summed E-state index contributed by atoms with van der Waals surface area (Å²) < 4.78 is 5.02. The molecule has 1 aliphatic heterocycles. The monoisotopic (exact) mass is 222 g/mol. The number of rotatable bonds is 3. The molecule has 0 radical (unpaired) electrons. The van der Waals surface area contributed by atoms with Crippen molar-refractivity contribution in [1.29, 1.82) is 0 Å². The Morgan fingerprint density at radius 1 is 1.56 bits per heavy atom. The minimum absolute atomic E-state index is 0.404. The van der Waals surface area contributed by atoms with Crippen LogP contribution in [-0.4, -0.2) is 30.2 Å². The first-order valence-corrected chi connectivity index (χ1v) is 5.56. The maximum absolute atomic E-state index is 5.76. The van der Waals surface area contributed by atoms with Crippen LogP contribution in [0.1, 0.15) is 19.2 Å². The van der Waals surface area contributed by atoms with E-state index in [9.17, 15) is 0 Å². The molecule has 0 spiro atoms. The molecule has 0 amide bonds. The van der Waals surface area contributed by atoms with Crippen molar-refractivity contribution >= 4 is 11.6 Å². The summed E-state index contributed by atoms with van der Waals surface area (Å²) in [5.41, 5.74) is 5.76. The molecule has 2 N–H and O–H groups in total. The molecule has 0 aliphatic carbocycles. The predicted octanol–water partition coefficient (Wildman–Crippen LogP) is 1.05. The molecular weight excluding hydrogens is 204 g/mol. The van der Waals surface area contributed by atoms with E-state index in [-0.39, 0.29) is 0 Å². The SMILES string of the molecule is COCc1nc(N)cc(N2CCC(C)C2)n1. The first kappa shape index (κ1) is 11.1. The lowest BCUT2D eigenvalue weighted by atomic mass is 10.2. The van der Waals surface area contributed by atoms with Gasteiger partial charge >= 0.3 is 0 Å². The Bertz CT molecular complexity index is 369. The molecule has 1 aliphatic rings. The minimum Gasteiger partial charge on any atom is -0.384 e. The highest BCUT2D eigenvalue weighted by molar-refractivity contribution is 5.47. The number of hydrogen-bond acceptors (Lipinski definition) is 5. The highest BCUT2D eigenvalue weighted by Gasteiger charge is 2.20. The topological polar surface area (TPSA) is 64.3 Å². The van der Waals surface area contributed by atoms with E-state index in [1.807, 2.05) is 6.07 Å². The Morgan fingerprint density at radius 3 is 3.00 bits per heavy atom. The summed E-state index contributed by atoms with van der Waals surface area (Å²) in [6, 6.07) is 1.83. The molecule has 1 unspecified atom stereocenters. The van der Waals surface area contributed by atoms with Gasteiger partial charge < -0.3 is 15.4 Å². The van der Waals surface area contributed by atoms with Gasteiger partial charge in [-0.1, -0.05) is 6.92 Å². The maximum atomic E-state index is 5.76. The van der Waals surface area contributed by atoms with Crippen LogP contribution in [0.5, 0.6) is 0 Å². The third-order valence-electron chi connectivity index (χ3n) is 2.80. The third-order valence-corrected chi connectivity index (χ3v) is 2.80. The van der Waals surface area contributed by atoms with Gasteiger partial charge in [0, 0.05) is 26.3 Å². The lowest BCUT2D eigenvalue weighted by Crippen LogP contribution is -2.21. The molecule has 2 heterocycles. The van der Waals surface area contributed by atoms with Crippen molar-refractivity contribution in [1.82, 2.24) is 9.97 Å². The second-order valence-electron chi connectivity index (χ2n) is 4.34. The summed E-state index contributed by atoms with van der Waals surface area (Å²) in [5.74, 6) is 2.81. The molecule has 0 saturated carbocycles. The van der Waals surface area contributed by atoms with Crippen molar-refractivity contribution in [3.05, 3.63) is 11.9 Å². The zero-order valence-electron chi connectivity index (χ0n) is 9.81. The van der Waals surface area contributed by atoms with Crippen molar-refractivity contribution in [2.75, 3.05) is 30.8 Å². The molecule has 2 rings (SSSR count). The van der Waals surface area contributed by atoms with Crippen LogP contribution in [0.4, 0.5) is 11.6 Å². The zero-order chi connectivity index (χ0) is 11.5. The van der Waals surface area contributed by atoms with Gasteiger partial charge in [0.15, 0.2) is 5.82 Å². The summed E-state index contributed by atoms with van der Waals surface area (Å²) in [6.07, 6.45) is 1.21. The summed E-state index contributed by atoms with van der Waals surface area (Å²) in [6.45, 7) is 4.75. The number of hydrogen-bond donors (Lipinski definition) is 1. The van der Waals surface area contributed by atoms with Gasteiger partial charge in [-0.05, 0) is 12.3 Å². The van der Waals surface area contributed by atoms with Gasteiger partial charge in [-0.2, -0.15) is 0 Å². The van der Waals surface area contributed by atoms with E-state index < -0.39 is 0 Å². The van der Waals surface area contributed by atoms with Gasteiger partial charge in [0.2, 0.25) is 0 Å². The third kappa shape index (κ3) is 2.41. The quantitative estimate of drug-likeness (QED) is 0.828.